The fraction of sp³-hybridized carbons (Fsp3) is 0.692. The Kier molecular flexibility index (Phi) is 7.24. The van der Waals surface area contributed by atoms with Crippen LogP contribution in [-0.2, 0) is 24.2 Å². The van der Waals surface area contributed by atoms with Gasteiger partial charge in [-0.2, -0.15) is 4.31 Å². The van der Waals surface area contributed by atoms with E-state index in [1.54, 1.807) is 12.1 Å². The summed E-state index contributed by atoms with van der Waals surface area (Å²) in [6.45, 7) is 3.15. The van der Waals surface area contributed by atoms with Crippen LogP contribution in [0.25, 0.3) is 10.2 Å². The number of hydrogen-bond acceptors (Lipinski definition) is 9. The summed E-state index contributed by atoms with van der Waals surface area (Å²) in [5.41, 5.74) is -1.02. The molecule has 1 aromatic heterocycles. The molecule has 2 saturated carbocycles. The van der Waals surface area contributed by atoms with Crippen LogP contribution in [0.1, 0.15) is 46.0 Å². The van der Waals surface area contributed by atoms with Crippen LogP contribution in [0.4, 0.5) is 14.3 Å². The van der Waals surface area contributed by atoms with Gasteiger partial charge >= 0.3 is 6.09 Å². The van der Waals surface area contributed by atoms with Crippen molar-refractivity contribution in [3.63, 3.8) is 0 Å². The van der Waals surface area contributed by atoms with Gasteiger partial charge in [0, 0.05) is 37.5 Å². The lowest BCUT2D eigenvalue weighted by atomic mass is 9.78. The van der Waals surface area contributed by atoms with Gasteiger partial charge in [0.05, 0.1) is 27.8 Å². The van der Waals surface area contributed by atoms with E-state index in [0.29, 0.717) is 25.0 Å². The van der Waals surface area contributed by atoms with E-state index in [4.69, 9.17) is 14.2 Å². The van der Waals surface area contributed by atoms with Crippen LogP contribution in [0.3, 0.4) is 0 Å². The van der Waals surface area contributed by atoms with Gasteiger partial charge in [0.2, 0.25) is 10.0 Å². The molecule has 1 aromatic carbocycles. The Hall–Kier alpha value is -2.06. The van der Waals surface area contributed by atoms with Gasteiger partial charge in [-0.15, -0.1) is 0 Å². The van der Waals surface area contributed by atoms with Crippen LogP contribution in [0.2, 0.25) is 0 Å². The molecular formula is C26H35FN4O6S2. The van der Waals surface area contributed by atoms with Crippen molar-refractivity contribution in [2.24, 2.45) is 11.8 Å². The second-order valence-electron chi connectivity index (χ2n) is 11.6. The number of nitrogens with zero attached hydrogens (tertiary/aromatic N) is 2. The van der Waals surface area contributed by atoms with Crippen molar-refractivity contribution in [2.75, 3.05) is 31.6 Å². The summed E-state index contributed by atoms with van der Waals surface area (Å²) < 4.78 is 61.0. The molecule has 0 spiro atoms. The Morgan fingerprint density at radius 2 is 2.10 bits per heavy atom. The first-order valence-electron chi connectivity index (χ1n) is 13.6. The highest BCUT2D eigenvalue weighted by Crippen LogP contribution is 2.46. The van der Waals surface area contributed by atoms with Gasteiger partial charge in [-0.3, -0.25) is 0 Å². The van der Waals surface area contributed by atoms with Crippen LogP contribution >= 0.6 is 11.3 Å². The number of sulfonamides is 1. The zero-order valence-corrected chi connectivity index (χ0v) is 23.7. The second kappa shape index (κ2) is 10.4. The number of carbonyl (C=O) groups is 1. The number of halogens is 1. The number of rotatable bonds is 11. The lowest BCUT2D eigenvalue weighted by molar-refractivity contribution is -0.153. The third kappa shape index (κ3) is 6.02. The van der Waals surface area contributed by atoms with E-state index in [-0.39, 0.29) is 48.9 Å². The summed E-state index contributed by atoms with van der Waals surface area (Å²) in [5, 5.41) is 6.83. The summed E-state index contributed by atoms with van der Waals surface area (Å²) in [4.78, 5) is 17.2. The maximum Gasteiger partial charge on any atom is 0.407 e. The highest BCUT2D eigenvalue weighted by atomic mass is 32.2. The summed E-state index contributed by atoms with van der Waals surface area (Å²) in [6, 6.07) is 5.25. The predicted octanol–water partition coefficient (Wildman–Crippen LogP) is 3.88. The van der Waals surface area contributed by atoms with Crippen LogP contribution in [-0.4, -0.2) is 80.2 Å². The molecule has 10 nitrogen and oxygen atoms in total. The fourth-order valence-electron chi connectivity index (χ4n) is 5.72. The number of hydrogen-bond donors (Lipinski definition) is 2. The van der Waals surface area contributed by atoms with E-state index < -0.39 is 21.8 Å². The van der Waals surface area contributed by atoms with Crippen molar-refractivity contribution >= 4 is 42.8 Å². The van der Waals surface area contributed by atoms with E-state index in [1.807, 2.05) is 0 Å². The molecule has 5 atom stereocenters. The minimum atomic E-state index is -3.99. The molecule has 3 bridgehead atoms. The zero-order chi connectivity index (χ0) is 27.4. The number of alkyl carbamates (subject to hydrolysis) is 1. The SMILES string of the molecule is CC(C)(F)CN(CCCNC(=O)OC1C2COC3OC1CC3C2)S(=O)(=O)c1ccc2nc(NC3CC3)sc2c1. The van der Waals surface area contributed by atoms with Gasteiger partial charge in [0.1, 0.15) is 11.8 Å². The van der Waals surface area contributed by atoms with E-state index >= 15 is 0 Å². The topological polar surface area (TPSA) is 119 Å². The molecule has 2 aromatic rings. The minimum absolute atomic E-state index is 0.0418. The number of fused-ring (bicyclic) bond motifs is 3. The van der Waals surface area contributed by atoms with Crippen LogP contribution in [0.5, 0.6) is 0 Å². The van der Waals surface area contributed by atoms with Crippen molar-refractivity contribution in [3.05, 3.63) is 18.2 Å². The molecule has 13 heteroatoms. The van der Waals surface area contributed by atoms with Crippen molar-refractivity contribution in [1.82, 2.24) is 14.6 Å². The first-order valence-corrected chi connectivity index (χ1v) is 15.9. The molecule has 39 heavy (non-hydrogen) atoms. The average molecular weight is 583 g/mol. The molecule has 3 heterocycles. The summed E-state index contributed by atoms with van der Waals surface area (Å²) in [5.74, 6) is 0.504. The maximum absolute atomic E-state index is 14.7. The molecule has 214 valence electrons. The maximum atomic E-state index is 14.7. The minimum Gasteiger partial charge on any atom is -0.443 e. The largest absolute Gasteiger partial charge is 0.443 e. The lowest BCUT2D eigenvalue weighted by Crippen LogP contribution is -2.46. The first kappa shape index (κ1) is 27.1. The van der Waals surface area contributed by atoms with Gasteiger partial charge in [0.15, 0.2) is 11.4 Å². The molecule has 0 radical (unpaired) electrons. The van der Waals surface area contributed by atoms with Crippen LogP contribution in [0, 0.1) is 11.8 Å². The van der Waals surface area contributed by atoms with Crippen molar-refractivity contribution in [3.8, 4) is 0 Å². The molecule has 4 fully saturated rings. The van der Waals surface area contributed by atoms with Gasteiger partial charge in [-0.25, -0.2) is 22.6 Å². The Morgan fingerprint density at radius 3 is 2.87 bits per heavy atom. The van der Waals surface area contributed by atoms with Crippen LogP contribution in [0.15, 0.2) is 23.1 Å². The number of carbonyl (C=O) groups excluding carboxylic acids is 1. The Labute approximate surface area is 231 Å². The molecular weight excluding hydrogens is 547 g/mol. The third-order valence-electron chi connectivity index (χ3n) is 7.69. The van der Waals surface area contributed by atoms with Crippen molar-refractivity contribution in [2.45, 2.75) is 81.1 Å². The van der Waals surface area contributed by atoms with Gasteiger partial charge in [0.25, 0.3) is 0 Å². The van der Waals surface area contributed by atoms with E-state index in [0.717, 1.165) is 45.3 Å². The molecule has 6 rings (SSSR count). The normalized spacial score (nSPS) is 28.3. The molecule has 2 N–H and O–H groups in total. The van der Waals surface area contributed by atoms with E-state index in [1.165, 1.54) is 31.3 Å². The number of nitrogens with one attached hydrogen (secondary N) is 2. The summed E-state index contributed by atoms with van der Waals surface area (Å²) >= 11 is 1.41. The number of thiazole rings is 1. The quantitative estimate of drug-likeness (QED) is 0.384. The molecule has 4 aliphatic rings. The highest BCUT2D eigenvalue weighted by molar-refractivity contribution is 7.89. The number of alkyl halides is 1. The lowest BCUT2D eigenvalue weighted by Gasteiger charge is -2.36. The second-order valence-corrected chi connectivity index (χ2v) is 14.6. The number of ether oxygens (including phenoxy) is 3. The van der Waals surface area contributed by atoms with Gasteiger partial charge in [-0.1, -0.05) is 11.3 Å². The third-order valence-corrected chi connectivity index (χ3v) is 10.5. The highest BCUT2D eigenvalue weighted by Gasteiger charge is 2.53. The first-order chi connectivity index (χ1) is 18.5. The summed E-state index contributed by atoms with van der Waals surface area (Å²) in [7, 11) is -3.99. The van der Waals surface area contributed by atoms with Crippen molar-refractivity contribution < 1.29 is 31.8 Å². The van der Waals surface area contributed by atoms with E-state index in [2.05, 4.69) is 15.6 Å². The number of anilines is 1. The standard InChI is InChI=1S/C26H35FN4O6S2/c1-26(2,27)14-31(39(33,34)18-6-7-19-21(12-18)38-24(30-19)29-17-4-5-17)9-3-8-28-25(32)37-22-16-10-15-11-20(22)36-23(15)35-13-16/h6-7,12,15-17,20,22-23H,3-5,8-11,13-14H2,1-2H3,(H,28,32)(H,29,30). The fourth-order valence-corrected chi connectivity index (χ4v) is 8.42. The zero-order valence-electron chi connectivity index (χ0n) is 22.1. The Balaban J connectivity index is 1.07. The Morgan fingerprint density at radius 1 is 1.28 bits per heavy atom. The number of amides is 1. The smallest absolute Gasteiger partial charge is 0.407 e. The molecule has 2 aliphatic carbocycles. The van der Waals surface area contributed by atoms with Crippen molar-refractivity contribution in [1.29, 1.82) is 0 Å². The van der Waals surface area contributed by atoms with E-state index in [9.17, 15) is 17.6 Å². The number of benzene rings is 1. The van der Waals surface area contributed by atoms with Gasteiger partial charge < -0.3 is 24.8 Å². The molecule has 1 amide bonds. The van der Waals surface area contributed by atoms with Gasteiger partial charge in [-0.05, 0) is 64.2 Å². The monoisotopic (exact) mass is 582 g/mol. The molecule has 2 saturated heterocycles. The summed E-state index contributed by atoms with van der Waals surface area (Å²) in [6.07, 6.45) is 3.04. The average Bonchev–Trinajstić information content (AvgIpc) is 3.50. The Bertz CT molecular complexity index is 1320. The predicted molar refractivity (Wildman–Crippen MR) is 144 cm³/mol. The molecule has 2 aliphatic heterocycles. The molecule has 5 unspecified atom stereocenters. The van der Waals surface area contributed by atoms with Crippen LogP contribution < -0.4 is 10.6 Å². The number of aromatic nitrogens is 1.